The smallest absolute Gasteiger partial charge is 0.266 e. The number of carbonyl (C=O) groups excluding carboxylic acids is 2. The summed E-state index contributed by atoms with van der Waals surface area (Å²) in [5, 5.41) is 0. The topological polar surface area (TPSA) is 40.6 Å². The van der Waals surface area contributed by atoms with Crippen molar-refractivity contribution in [2.45, 2.75) is 0 Å². The Morgan fingerprint density at radius 2 is 0.950 bits per heavy atom. The van der Waals surface area contributed by atoms with E-state index in [1.165, 1.54) is 0 Å². The van der Waals surface area contributed by atoms with E-state index >= 15 is 0 Å². The van der Waals surface area contributed by atoms with Gasteiger partial charge in [0.1, 0.15) is 0 Å². The van der Waals surface area contributed by atoms with Crippen LogP contribution in [-0.4, -0.2) is 20.9 Å². The van der Waals surface area contributed by atoms with Gasteiger partial charge < -0.3 is 0 Å². The average Bonchev–Trinajstić information content (AvgIpc) is 2.53. The number of benzene rings is 2. The molecule has 0 fully saturated rings. The van der Waals surface area contributed by atoms with E-state index in [2.05, 4.69) is 0 Å². The Morgan fingerprint density at radius 3 is 1.25 bits per heavy atom. The minimum Gasteiger partial charge on any atom is -0.266 e. The van der Waals surface area contributed by atoms with Gasteiger partial charge in [-0.05, 0) is 24.3 Å². The van der Waals surface area contributed by atoms with E-state index in [9.17, 15) is 9.59 Å². The molecule has 0 aliphatic rings. The normalized spacial score (nSPS) is 9.90. The third kappa shape index (κ3) is 3.10. The predicted octanol–water partition coefficient (Wildman–Crippen LogP) is 3.49. The molecular formula is C14H10Cl2N2O2. The van der Waals surface area contributed by atoms with Crippen molar-refractivity contribution in [1.82, 2.24) is 9.06 Å². The number of rotatable bonds is 2. The summed E-state index contributed by atoms with van der Waals surface area (Å²) >= 11 is 11.6. The van der Waals surface area contributed by atoms with E-state index in [0.29, 0.717) is 20.2 Å². The average molecular weight is 309 g/mol. The predicted molar refractivity (Wildman–Crippen MR) is 76.9 cm³/mol. The lowest BCUT2D eigenvalue weighted by molar-refractivity contribution is 0.0539. The molecule has 2 aromatic rings. The van der Waals surface area contributed by atoms with Crippen LogP contribution in [0.25, 0.3) is 0 Å². The van der Waals surface area contributed by atoms with E-state index in [1.807, 2.05) is 0 Å². The molecule has 2 amide bonds. The number of hydrogen-bond donors (Lipinski definition) is 0. The highest BCUT2D eigenvalue weighted by molar-refractivity contribution is 6.31. The zero-order valence-electron chi connectivity index (χ0n) is 10.2. The SMILES string of the molecule is O=C(c1ccccc1)N(Cl)N(Cl)C(=O)c1ccccc1. The van der Waals surface area contributed by atoms with Gasteiger partial charge in [-0.25, -0.2) is 0 Å². The summed E-state index contributed by atoms with van der Waals surface area (Å²) in [6.45, 7) is 0. The van der Waals surface area contributed by atoms with Crippen molar-refractivity contribution in [3.05, 3.63) is 71.8 Å². The summed E-state index contributed by atoms with van der Waals surface area (Å²) in [6.07, 6.45) is 0. The first-order valence-corrected chi connectivity index (χ1v) is 6.39. The number of hydrazine groups is 1. The number of hydrogen-bond acceptors (Lipinski definition) is 2. The Hall–Kier alpha value is -2.04. The molecule has 0 bridgehead atoms. The van der Waals surface area contributed by atoms with Gasteiger partial charge in [0.2, 0.25) is 0 Å². The van der Waals surface area contributed by atoms with Crippen molar-refractivity contribution in [2.75, 3.05) is 0 Å². The lowest BCUT2D eigenvalue weighted by Gasteiger charge is -2.21. The van der Waals surface area contributed by atoms with Crippen LogP contribution in [-0.2, 0) is 0 Å². The third-order valence-corrected chi connectivity index (χ3v) is 3.22. The van der Waals surface area contributed by atoms with Gasteiger partial charge in [0.15, 0.2) is 0 Å². The minimum absolute atomic E-state index is 0.328. The summed E-state index contributed by atoms with van der Waals surface area (Å²) in [4.78, 5) is 24.1. The van der Waals surface area contributed by atoms with E-state index in [4.69, 9.17) is 23.6 Å². The highest BCUT2D eigenvalue weighted by Crippen LogP contribution is 2.16. The molecule has 0 heterocycles. The fraction of sp³-hybridized carbons (Fsp3) is 0. The van der Waals surface area contributed by atoms with Gasteiger partial charge in [0, 0.05) is 34.7 Å². The molecule has 20 heavy (non-hydrogen) atoms. The monoisotopic (exact) mass is 308 g/mol. The molecule has 102 valence electrons. The molecule has 0 saturated carbocycles. The minimum atomic E-state index is -0.591. The quantitative estimate of drug-likeness (QED) is 0.629. The lowest BCUT2D eigenvalue weighted by Crippen LogP contribution is -2.37. The molecule has 0 aromatic heterocycles. The number of nitrogens with zero attached hydrogens (tertiary/aromatic N) is 2. The van der Waals surface area contributed by atoms with Gasteiger partial charge in [-0.1, -0.05) is 36.4 Å². The summed E-state index contributed by atoms with van der Waals surface area (Å²) in [5.74, 6) is -1.18. The third-order valence-electron chi connectivity index (χ3n) is 2.53. The summed E-state index contributed by atoms with van der Waals surface area (Å²) in [5.41, 5.74) is 0.656. The van der Waals surface area contributed by atoms with Gasteiger partial charge in [-0.3, -0.25) is 9.59 Å². The molecule has 0 atom stereocenters. The summed E-state index contributed by atoms with van der Waals surface area (Å²) in [7, 11) is 0. The van der Waals surface area contributed by atoms with Crippen molar-refractivity contribution < 1.29 is 9.59 Å². The van der Waals surface area contributed by atoms with Crippen molar-refractivity contribution >= 4 is 35.4 Å². The number of halogens is 2. The largest absolute Gasteiger partial charge is 0.288 e. The molecule has 0 N–H and O–H groups in total. The lowest BCUT2D eigenvalue weighted by atomic mass is 10.2. The van der Waals surface area contributed by atoms with Crippen LogP contribution in [0.4, 0.5) is 0 Å². The van der Waals surface area contributed by atoms with Crippen LogP contribution in [0.5, 0.6) is 0 Å². The van der Waals surface area contributed by atoms with E-state index < -0.39 is 11.8 Å². The van der Waals surface area contributed by atoms with Crippen LogP contribution >= 0.6 is 23.6 Å². The first-order chi connectivity index (χ1) is 9.61. The maximum atomic E-state index is 12.0. The Bertz CT molecular complexity index is 550. The second kappa shape index (κ2) is 6.41. The fourth-order valence-electron chi connectivity index (χ4n) is 1.53. The van der Waals surface area contributed by atoms with Crippen LogP contribution < -0.4 is 0 Å². The summed E-state index contributed by atoms with van der Waals surface area (Å²) < 4.78 is 1.10. The van der Waals surface area contributed by atoms with Gasteiger partial charge in [-0.2, -0.15) is 0 Å². The van der Waals surface area contributed by atoms with Crippen LogP contribution in [0.3, 0.4) is 0 Å². The zero-order valence-corrected chi connectivity index (χ0v) is 11.8. The molecule has 0 saturated heterocycles. The first kappa shape index (κ1) is 14.4. The Morgan fingerprint density at radius 1 is 0.650 bits per heavy atom. The Balaban J connectivity index is 2.15. The van der Waals surface area contributed by atoms with Crippen molar-refractivity contribution in [3.8, 4) is 0 Å². The Labute approximate surface area is 126 Å². The number of carbonyl (C=O) groups is 2. The second-order valence-corrected chi connectivity index (χ2v) is 4.50. The van der Waals surface area contributed by atoms with E-state index in [-0.39, 0.29) is 0 Å². The van der Waals surface area contributed by atoms with Crippen LogP contribution in [0, 0.1) is 0 Å². The standard InChI is InChI=1S/C14H10Cl2N2O2/c15-17(13(19)11-7-3-1-4-8-11)18(16)14(20)12-9-5-2-6-10-12/h1-10H. The second-order valence-electron chi connectivity index (χ2n) is 3.86. The molecule has 0 aliphatic carbocycles. The van der Waals surface area contributed by atoms with Gasteiger partial charge in [0.05, 0.1) is 0 Å². The highest BCUT2D eigenvalue weighted by Gasteiger charge is 2.25. The number of amides is 2. The molecule has 0 aliphatic heterocycles. The first-order valence-electron chi connectivity index (χ1n) is 5.71. The molecule has 0 radical (unpaired) electrons. The van der Waals surface area contributed by atoms with Crippen LogP contribution in [0.2, 0.25) is 0 Å². The fourth-order valence-corrected chi connectivity index (χ4v) is 1.87. The molecule has 2 rings (SSSR count). The molecular weight excluding hydrogens is 299 g/mol. The molecule has 4 nitrogen and oxygen atoms in total. The molecule has 0 spiro atoms. The maximum Gasteiger partial charge on any atom is 0.288 e. The van der Waals surface area contributed by atoms with Crippen LogP contribution in [0.1, 0.15) is 20.7 Å². The molecule has 0 unspecified atom stereocenters. The molecule has 6 heteroatoms. The highest BCUT2D eigenvalue weighted by atomic mass is 35.5. The zero-order chi connectivity index (χ0) is 14.5. The van der Waals surface area contributed by atoms with Gasteiger partial charge >= 0.3 is 0 Å². The van der Waals surface area contributed by atoms with Crippen LogP contribution in [0.15, 0.2) is 60.7 Å². The van der Waals surface area contributed by atoms with Crippen molar-refractivity contribution in [1.29, 1.82) is 0 Å². The van der Waals surface area contributed by atoms with Crippen molar-refractivity contribution in [2.24, 2.45) is 0 Å². The molecule has 2 aromatic carbocycles. The summed E-state index contributed by atoms with van der Waals surface area (Å²) in [6, 6.07) is 16.6. The van der Waals surface area contributed by atoms with Gasteiger partial charge in [-0.15, -0.1) is 9.06 Å². The van der Waals surface area contributed by atoms with E-state index in [1.54, 1.807) is 60.7 Å². The maximum absolute atomic E-state index is 12.0. The van der Waals surface area contributed by atoms with Gasteiger partial charge in [0.25, 0.3) is 11.8 Å². The van der Waals surface area contributed by atoms with E-state index in [0.717, 1.165) is 0 Å². The Kier molecular flexibility index (Phi) is 4.61. The van der Waals surface area contributed by atoms with Crippen molar-refractivity contribution in [3.63, 3.8) is 0 Å².